The Hall–Kier alpha value is -1.06. The van der Waals surface area contributed by atoms with Gasteiger partial charge in [0.15, 0.2) is 0 Å². The lowest BCUT2D eigenvalue weighted by Gasteiger charge is -2.24. The van der Waals surface area contributed by atoms with Gasteiger partial charge in [-0.2, -0.15) is 0 Å². The number of nitrogens with zero attached hydrogens (tertiary/aromatic N) is 1. The van der Waals surface area contributed by atoms with Gasteiger partial charge in [0, 0.05) is 25.9 Å². The molecule has 1 aliphatic heterocycles. The van der Waals surface area contributed by atoms with E-state index < -0.39 is 5.91 Å². The second kappa shape index (κ2) is 6.43. The van der Waals surface area contributed by atoms with Crippen LogP contribution in [0.5, 0.6) is 0 Å². The van der Waals surface area contributed by atoms with Gasteiger partial charge in [-0.3, -0.25) is 9.59 Å². The molecule has 0 unspecified atom stereocenters. The highest BCUT2D eigenvalue weighted by Crippen LogP contribution is 2.11. The van der Waals surface area contributed by atoms with Gasteiger partial charge >= 0.3 is 0 Å². The first-order valence-corrected chi connectivity index (χ1v) is 5.76. The van der Waals surface area contributed by atoms with Crippen LogP contribution < -0.4 is 5.73 Å². The van der Waals surface area contributed by atoms with Crippen molar-refractivity contribution in [2.45, 2.75) is 44.9 Å². The monoisotopic (exact) mass is 212 g/mol. The first-order valence-electron chi connectivity index (χ1n) is 5.76. The van der Waals surface area contributed by atoms with Crippen molar-refractivity contribution in [2.24, 2.45) is 5.73 Å². The zero-order valence-electron chi connectivity index (χ0n) is 9.21. The third-order valence-electron chi connectivity index (χ3n) is 2.79. The number of primary amides is 1. The van der Waals surface area contributed by atoms with Gasteiger partial charge in [0.05, 0.1) is 0 Å². The zero-order chi connectivity index (χ0) is 11.1. The quantitative estimate of drug-likeness (QED) is 0.759. The van der Waals surface area contributed by atoms with Crippen molar-refractivity contribution in [2.75, 3.05) is 13.1 Å². The normalized spacial score (nSPS) is 18.0. The maximum absolute atomic E-state index is 11.7. The average molecular weight is 212 g/mol. The summed E-state index contributed by atoms with van der Waals surface area (Å²) in [6.45, 7) is 1.69. The first kappa shape index (κ1) is 12.0. The highest BCUT2D eigenvalue weighted by Gasteiger charge is 2.14. The summed E-state index contributed by atoms with van der Waals surface area (Å²) in [5, 5.41) is 0. The third kappa shape index (κ3) is 4.81. The fourth-order valence-electron chi connectivity index (χ4n) is 1.89. The predicted octanol–water partition coefficient (Wildman–Crippen LogP) is 1.04. The van der Waals surface area contributed by atoms with Crippen LogP contribution in [0.3, 0.4) is 0 Å². The standard InChI is InChI=1S/C11H20N2O2/c12-10(14)6-7-11(15)13-8-4-2-1-3-5-9-13/h1-9H2,(H2,12,14). The summed E-state index contributed by atoms with van der Waals surface area (Å²) in [4.78, 5) is 24.1. The minimum atomic E-state index is -0.393. The largest absolute Gasteiger partial charge is 0.370 e. The molecule has 1 saturated heterocycles. The van der Waals surface area contributed by atoms with Crippen molar-refractivity contribution in [3.05, 3.63) is 0 Å². The Morgan fingerprint density at radius 1 is 0.933 bits per heavy atom. The van der Waals surface area contributed by atoms with Gasteiger partial charge in [-0.1, -0.05) is 19.3 Å². The Balaban J connectivity index is 2.31. The smallest absolute Gasteiger partial charge is 0.223 e. The van der Waals surface area contributed by atoms with Gasteiger partial charge in [-0.15, -0.1) is 0 Å². The van der Waals surface area contributed by atoms with Crippen LogP contribution in [0.15, 0.2) is 0 Å². The fraction of sp³-hybridized carbons (Fsp3) is 0.818. The Morgan fingerprint density at radius 2 is 1.47 bits per heavy atom. The maximum atomic E-state index is 11.7. The van der Waals surface area contributed by atoms with Gasteiger partial charge in [0.2, 0.25) is 11.8 Å². The average Bonchev–Trinajstić information content (AvgIpc) is 2.13. The van der Waals surface area contributed by atoms with Gasteiger partial charge in [-0.05, 0) is 12.8 Å². The summed E-state index contributed by atoms with van der Waals surface area (Å²) in [5.41, 5.74) is 5.02. The summed E-state index contributed by atoms with van der Waals surface area (Å²) in [7, 11) is 0. The molecule has 1 heterocycles. The Kier molecular flexibility index (Phi) is 5.15. The number of nitrogens with two attached hydrogens (primary N) is 1. The van der Waals surface area contributed by atoms with Crippen LogP contribution in [0, 0.1) is 0 Å². The van der Waals surface area contributed by atoms with Crippen LogP contribution in [0.2, 0.25) is 0 Å². The van der Waals surface area contributed by atoms with Gasteiger partial charge in [0.1, 0.15) is 0 Å². The molecule has 1 rings (SSSR count). The van der Waals surface area contributed by atoms with E-state index in [0.29, 0.717) is 0 Å². The van der Waals surface area contributed by atoms with E-state index in [1.165, 1.54) is 19.3 Å². The number of likely N-dealkylation sites (tertiary alicyclic amines) is 1. The molecule has 15 heavy (non-hydrogen) atoms. The highest BCUT2D eigenvalue weighted by atomic mass is 16.2. The van der Waals surface area contributed by atoms with Crippen molar-refractivity contribution < 1.29 is 9.59 Å². The predicted molar refractivity (Wildman–Crippen MR) is 58.1 cm³/mol. The van der Waals surface area contributed by atoms with Crippen molar-refractivity contribution in [3.8, 4) is 0 Å². The molecule has 0 aliphatic carbocycles. The Morgan fingerprint density at radius 3 is 2.00 bits per heavy atom. The molecule has 0 saturated carbocycles. The summed E-state index contributed by atoms with van der Waals surface area (Å²) < 4.78 is 0. The molecule has 4 heteroatoms. The van der Waals surface area contributed by atoms with E-state index >= 15 is 0 Å². The minimum absolute atomic E-state index is 0.0794. The summed E-state index contributed by atoms with van der Waals surface area (Å²) >= 11 is 0. The molecule has 0 aromatic rings. The number of hydrogen-bond acceptors (Lipinski definition) is 2. The van der Waals surface area contributed by atoms with Crippen LogP contribution in [0.4, 0.5) is 0 Å². The van der Waals surface area contributed by atoms with Crippen LogP contribution >= 0.6 is 0 Å². The van der Waals surface area contributed by atoms with Crippen molar-refractivity contribution >= 4 is 11.8 Å². The van der Waals surface area contributed by atoms with Crippen LogP contribution in [-0.2, 0) is 9.59 Å². The molecule has 2 amide bonds. The number of rotatable bonds is 3. The summed E-state index contributed by atoms with van der Waals surface area (Å²) in [6, 6.07) is 0. The van der Waals surface area contributed by atoms with Crippen molar-refractivity contribution in [1.82, 2.24) is 4.90 Å². The second-order valence-corrected chi connectivity index (χ2v) is 4.11. The van der Waals surface area contributed by atoms with Crippen LogP contribution in [-0.4, -0.2) is 29.8 Å². The number of carbonyl (C=O) groups excluding carboxylic acids is 2. The van der Waals surface area contributed by atoms with Crippen LogP contribution in [0.1, 0.15) is 44.9 Å². The van der Waals surface area contributed by atoms with E-state index in [-0.39, 0.29) is 18.7 Å². The molecule has 0 bridgehead atoms. The number of carbonyl (C=O) groups is 2. The van der Waals surface area contributed by atoms with Gasteiger partial charge < -0.3 is 10.6 Å². The minimum Gasteiger partial charge on any atom is -0.370 e. The van der Waals surface area contributed by atoms with Crippen molar-refractivity contribution in [1.29, 1.82) is 0 Å². The second-order valence-electron chi connectivity index (χ2n) is 4.11. The Bertz CT molecular complexity index is 221. The lowest BCUT2D eigenvalue weighted by atomic mass is 10.1. The molecule has 0 atom stereocenters. The lowest BCUT2D eigenvalue weighted by Crippen LogP contribution is -2.34. The van der Waals surface area contributed by atoms with Crippen molar-refractivity contribution in [3.63, 3.8) is 0 Å². The summed E-state index contributed by atoms with van der Waals surface area (Å²) in [6.07, 6.45) is 6.32. The lowest BCUT2D eigenvalue weighted by molar-refractivity contribution is -0.133. The molecule has 4 nitrogen and oxygen atoms in total. The fourth-order valence-corrected chi connectivity index (χ4v) is 1.89. The molecule has 0 radical (unpaired) electrons. The van der Waals surface area contributed by atoms with E-state index in [0.717, 1.165) is 25.9 Å². The Labute approximate surface area is 90.8 Å². The van der Waals surface area contributed by atoms with Crippen LogP contribution in [0.25, 0.3) is 0 Å². The number of hydrogen-bond donors (Lipinski definition) is 1. The molecule has 0 spiro atoms. The molecule has 1 aliphatic rings. The highest BCUT2D eigenvalue weighted by molar-refractivity contribution is 5.82. The molecule has 2 N–H and O–H groups in total. The molecular weight excluding hydrogens is 192 g/mol. The first-order chi connectivity index (χ1) is 7.20. The molecule has 0 aromatic carbocycles. The summed E-state index contributed by atoms with van der Waals surface area (Å²) in [5.74, 6) is -0.314. The molecule has 1 fully saturated rings. The van der Waals surface area contributed by atoms with E-state index in [2.05, 4.69) is 0 Å². The molecule has 0 aromatic heterocycles. The van der Waals surface area contributed by atoms with E-state index in [4.69, 9.17) is 5.73 Å². The van der Waals surface area contributed by atoms with Gasteiger partial charge in [0.25, 0.3) is 0 Å². The zero-order valence-corrected chi connectivity index (χ0v) is 9.21. The van der Waals surface area contributed by atoms with E-state index in [1.807, 2.05) is 4.90 Å². The van der Waals surface area contributed by atoms with Gasteiger partial charge in [-0.25, -0.2) is 0 Å². The molecule has 86 valence electrons. The third-order valence-corrected chi connectivity index (χ3v) is 2.79. The maximum Gasteiger partial charge on any atom is 0.223 e. The number of amides is 2. The van der Waals surface area contributed by atoms with E-state index in [9.17, 15) is 9.59 Å². The topological polar surface area (TPSA) is 63.4 Å². The molecular formula is C11H20N2O2. The van der Waals surface area contributed by atoms with E-state index in [1.54, 1.807) is 0 Å². The SMILES string of the molecule is NC(=O)CCC(=O)N1CCCCCCC1.